The molecule has 1 heterocycles. The lowest BCUT2D eigenvalue weighted by Gasteiger charge is -2.39. The van der Waals surface area contributed by atoms with Crippen molar-refractivity contribution >= 4 is 21.6 Å². The number of benzene rings is 1. The van der Waals surface area contributed by atoms with Gasteiger partial charge in [-0.25, -0.2) is 0 Å². The summed E-state index contributed by atoms with van der Waals surface area (Å²) in [6.07, 6.45) is 0. The van der Waals surface area contributed by atoms with E-state index in [0.717, 1.165) is 24.1 Å². The fraction of sp³-hybridized carbons (Fsp3) is 0.462. The standard InChI is InChI=1S/C13H16BrN3/c1-10-9-17(6-5-16(10)2)12-4-3-11(8-15)13(14)7-12/h3-4,7,10H,5-6,9H2,1-2H3. The van der Waals surface area contributed by atoms with Gasteiger partial charge in [0.25, 0.3) is 0 Å². The van der Waals surface area contributed by atoms with Gasteiger partial charge < -0.3 is 9.80 Å². The summed E-state index contributed by atoms with van der Waals surface area (Å²) in [5, 5.41) is 8.90. The Morgan fingerprint density at radius 2 is 2.18 bits per heavy atom. The van der Waals surface area contributed by atoms with E-state index in [1.165, 1.54) is 5.69 Å². The maximum absolute atomic E-state index is 8.90. The summed E-state index contributed by atoms with van der Waals surface area (Å²) in [5.74, 6) is 0. The molecule has 0 radical (unpaired) electrons. The summed E-state index contributed by atoms with van der Waals surface area (Å²) in [7, 11) is 2.16. The van der Waals surface area contributed by atoms with Crippen molar-refractivity contribution < 1.29 is 0 Å². The number of anilines is 1. The summed E-state index contributed by atoms with van der Waals surface area (Å²) in [6.45, 7) is 5.40. The first-order valence-electron chi connectivity index (χ1n) is 5.76. The molecule has 1 unspecified atom stereocenters. The van der Waals surface area contributed by atoms with Gasteiger partial charge in [-0.05, 0) is 48.1 Å². The molecule has 1 fully saturated rings. The molecule has 17 heavy (non-hydrogen) atoms. The third kappa shape index (κ3) is 2.62. The van der Waals surface area contributed by atoms with Crippen LogP contribution in [0.2, 0.25) is 0 Å². The second-order valence-electron chi connectivity index (χ2n) is 4.55. The molecule has 1 aromatic carbocycles. The fourth-order valence-corrected chi connectivity index (χ4v) is 2.53. The summed E-state index contributed by atoms with van der Waals surface area (Å²) in [5.41, 5.74) is 1.88. The Bertz CT molecular complexity index is 452. The van der Waals surface area contributed by atoms with Gasteiger partial charge in [-0.15, -0.1) is 0 Å². The Morgan fingerprint density at radius 1 is 1.41 bits per heavy atom. The zero-order chi connectivity index (χ0) is 12.4. The lowest BCUT2D eigenvalue weighted by Crippen LogP contribution is -2.50. The molecule has 3 nitrogen and oxygen atoms in total. The number of hydrogen-bond acceptors (Lipinski definition) is 3. The van der Waals surface area contributed by atoms with Gasteiger partial charge in [0.2, 0.25) is 0 Å². The van der Waals surface area contributed by atoms with E-state index in [4.69, 9.17) is 5.26 Å². The van der Waals surface area contributed by atoms with E-state index in [9.17, 15) is 0 Å². The lowest BCUT2D eigenvalue weighted by atomic mass is 10.1. The van der Waals surface area contributed by atoms with Crippen LogP contribution in [0.1, 0.15) is 12.5 Å². The largest absolute Gasteiger partial charge is 0.369 e. The Labute approximate surface area is 111 Å². The fourth-order valence-electron chi connectivity index (χ4n) is 2.07. The number of nitriles is 1. The molecular formula is C13H16BrN3. The third-order valence-electron chi connectivity index (χ3n) is 3.40. The first kappa shape index (κ1) is 12.4. The molecule has 1 atom stereocenters. The monoisotopic (exact) mass is 293 g/mol. The van der Waals surface area contributed by atoms with Crippen molar-refractivity contribution in [3.8, 4) is 6.07 Å². The van der Waals surface area contributed by atoms with Gasteiger partial charge in [0.05, 0.1) is 5.56 Å². The molecular weight excluding hydrogens is 278 g/mol. The van der Waals surface area contributed by atoms with Crippen LogP contribution in [0.5, 0.6) is 0 Å². The Balaban J connectivity index is 2.18. The Morgan fingerprint density at radius 3 is 2.76 bits per heavy atom. The number of piperazine rings is 1. The van der Waals surface area contributed by atoms with Gasteiger partial charge in [0.15, 0.2) is 0 Å². The SMILES string of the molecule is CC1CN(c2ccc(C#N)c(Br)c2)CCN1C. The van der Waals surface area contributed by atoms with E-state index in [1.54, 1.807) is 0 Å². The molecule has 0 aliphatic carbocycles. The van der Waals surface area contributed by atoms with E-state index in [1.807, 2.05) is 18.2 Å². The van der Waals surface area contributed by atoms with Crippen LogP contribution in [0.4, 0.5) is 5.69 Å². The van der Waals surface area contributed by atoms with E-state index >= 15 is 0 Å². The molecule has 0 bridgehead atoms. The second-order valence-corrected chi connectivity index (χ2v) is 5.41. The summed E-state index contributed by atoms with van der Waals surface area (Å²) in [6, 6.07) is 8.68. The highest BCUT2D eigenvalue weighted by Crippen LogP contribution is 2.25. The highest BCUT2D eigenvalue weighted by atomic mass is 79.9. The van der Waals surface area contributed by atoms with E-state index in [-0.39, 0.29) is 0 Å². The highest BCUT2D eigenvalue weighted by molar-refractivity contribution is 9.10. The molecule has 1 aromatic rings. The van der Waals surface area contributed by atoms with E-state index in [0.29, 0.717) is 11.6 Å². The number of hydrogen-bond donors (Lipinski definition) is 0. The van der Waals surface area contributed by atoms with Crippen LogP contribution in [0, 0.1) is 11.3 Å². The number of rotatable bonds is 1. The van der Waals surface area contributed by atoms with E-state index in [2.05, 4.69) is 45.8 Å². The maximum atomic E-state index is 8.90. The lowest BCUT2D eigenvalue weighted by molar-refractivity contribution is 0.234. The maximum Gasteiger partial charge on any atom is 0.100 e. The van der Waals surface area contributed by atoms with Gasteiger partial charge in [-0.1, -0.05) is 0 Å². The van der Waals surface area contributed by atoms with Gasteiger partial charge >= 0.3 is 0 Å². The molecule has 1 saturated heterocycles. The topological polar surface area (TPSA) is 30.3 Å². The van der Waals surface area contributed by atoms with Crippen molar-refractivity contribution in [3.63, 3.8) is 0 Å². The van der Waals surface area contributed by atoms with Crippen LogP contribution in [0.15, 0.2) is 22.7 Å². The molecule has 4 heteroatoms. The molecule has 0 aromatic heterocycles. The Kier molecular flexibility index (Phi) is 3.70. The number of nitrogens with zero attached hydrogens (tertiary/aromatic N) is 3. The average Bonchev–Trinajstić information content (AvgIpc) is 2.32. The molecule has 2 rings (SSSR count). The van der Waals surface area contributed by atoms with Crippen LogP contribution < -0.4 is 4.90 Å². The molecule has 0 amide bonds. The van der Waals surface area contributed by atoms with Crippen LogP contribution in [0.25, 0.3) is 0 Å². The first-order valence-corrected chi connectivity index (χ1v) is 6.56. The van der Waals surface area contributed by atoms with Crippen LogP contribution >= 0.6 is 15.9 Å². The molecule has 0 spiro atoms. The van der Waals surface area contributed by atoms with Crippen molar-refractivity contribution in [1.29, 1.82) is 5.26 Å². The van der Waals surface area contributed by atoms with Gasteiger partial charge in [-0.2, -0.15) is 5.26 Å². The minimum absolute atomic E-state index is 0.568. The summed E-state index contributed by atoms with van der Waals surface area (Å²) < 4.78 is 0.879. The molecule has 90 valence electrons. The van der Waals surface area contributed by atoms with E-state index < -0.39 is 0 Å². The van der Waals surface area contributed by atoms with Crippen molar-refractivity contribution in [2.75, 3.05) is 31.6 Å². The smallest absolute Gasteiger partial charge is 0.100 e. The zero-order valence-electron chi connectivity index (χ0n) is 10.2. The molecule has 0 N–H and O–H groups in total. The van der Waals surface area contributed by atoms with Crippen molar-refractivity contribution in [2.45, 2.75) is 13.0 Å². The molecule has 1 aliphatic rings. The van der Waals surface area contributed by atoms with Crippen LogP contribution in [0.3, 0.4) is 0 Å². The first-order chi connectivity index (χ1) is 8.11. The van der Waals surface area contributed by atoms with Gasteiger partial charge in [0, 0.05) is 35.8 Å². The number of likely N-dealkylation sites (N-methyl/N-ethyl adjacent to an activating group) is 1. The van der Waals surface area contributed by atoms with Crippen LogP contribution in [-0.2, 0) is 0 Å². The van der Waals surface area contributed by atoms with Crippen molar-refractivity contribution in [3.05, 3.63) is 28.2 Å². The Hall–Kier alpha value is -1.05. The van der Waals surface area contributed by atoms with Gasteiger partial charge in [0.1, 0.15) is 6.07 Å². The third-order valence-corrected chi connectivity index (χ3v) is 4.05. The van der Waals surface area contributed by atoms with Crippen molar-refractivity contribution in [2.24, 2.45) is 0 Å². The highest BCUT2D eigenvalue weighted by Gasteiger charge is 2.21. The van der Waals surface area contributed by atoms with Crippen LogP contribution in [-0.4, -0.2) is 37.6 Å². The minimum Gasteiger partial charge on any atom is -0.369 e. The predicted molar refractivity (Wildman–Crippen MR) is 73.2 cm³/mol. The second kappa shape index (κ2) is 5.07. The van der Waals surface area contributed by atoms with Crippen molar-refractivity contribution in [1.82, 2.24) is 4.90 Å². The normalized spacial score (nSPS) is 21.3. The zero-order valence-corrected chi connectivity index (χ0v) is 11.7. The quantitative estimate of drug-likeness (QED) is 0.797. The number of halogens is 1. The summed E-state index contributed by atoms with van der Waals surface area (Å²) in [4.78, 5) is 4.74. The summed E-state index contributed by atoms with van der Waals surface area (Å²) >= 11 is 3.44. The minimum atomic E-state index is 0.568. The molecule has 0 saturated carbocycles. The average molecular weight is 294 g/mol. The predicted octanol–water partition coefficient (Wildman–Crippen LogP) is 2.46. The van der Waals surface area contributed by atoms with Gasteiger partial charge in [-0.3, -0.25) is 0 Å². The molecule has 1 aliphatic heterocycles.